The molecule has 6 nitrogen and oxygen atoms in total. The summed E-state index contributed by atoms with van der Waals surface area (Å²) < 4.78 is 0. The van der Waals surface area contributed by atoms with E-state index in [4.69, 9.17) is 0 Å². The highest BCUT2D eigenvalue weighted by Gasteiger charge is 2.58. The van der Waals surface area contributed by atoms with Crippen LogP contribution in [-0.4, -0.2) is 52.8 Å². The van der Waals surface area contributed by atoms with E-state index in [-0.39, 0.29) is 36.2 Å². The fourth-order valence-electron chi connectivity index (χ4n) is 4.01. The van der Waals surface area contributed by atoms with Gasteiger partial charge in [-0.1, -0.05) is 20.3 Å². The fourth-order valence-corrected chi connectivity index (χ4v) is 4.01. The van der Waals surface area contributed by atoms with Crippen molar-refractivity contribution >= 4 is 17.8 Å². The Bertz CT molecular complexity index is 505. The first-order chi connectivity index (χ1) is 10.4. The topological polar surface area (TPSA) is 69.7 Å². The number of likely N-dealkylation sites (N-methyl/N-ethyl adjacent to an activating group) is 1. The normalized spacial score (nSPS) is 35.0. The van der Waals surface area contributed by atoms with Gasteiger partial charge in [-0.2, -0.15) is 0 Å². The first-order valence-corrected chi connectivity index (χ1v) is 8.27. The lowest BCUT2D eigenvalue weighted by molar-refractivity contribution is -0.141. The fraction of sp³-hybridized carbons (Fsp3) is 0.812. The van der Waals surface area contributed by atoms with E-state index < -0.39 is 11.6 Å². The summed E-state index contributed by atoms with van der Waals surface area (Å²) in [5.41, 5.74) is -0.812. The summed E-state index contributed by atoms with van der Waals surface area (Å²) in [6.07, 6.45) is 4.97. The molecule has 3 rings (SSSR count). The zero-order chi connectivity index (χ0) is 16.1. The molecule has 0 aromatic carbocycles. The van der Waals surface area contributed by atoms with Crippen LogP contribution in [0.2, 0.25) is 0 Å². The van der Waals surface area contributed by atoms with E-state index in [1.165, 1.54) is 0 Å². The highest BCUT2D eigenvalue weighted by Crippen LogP contribution is 2.42. The van der Waals surface area contributed by atoms with Crippen LogP contribution in [0.4, 0.5) is 4.79 Å². The van der Waals surface area contributed by atoms with Crippen LogP contribution in [0.3, 0.4) is 0 Å². The van der Waals surface area contributed by atoms with Gasteiger partial charge in [0, 0.05) is 13.1 Å². The van der Waals surface area contributed by atoms with E-state index in [1.807, 2.05) is 13.8 Å². The molecule has 1 saturated heterocycles. The molecule has 6 heteroatoms. The number of imide groups is 1. The molecular formula is C16H25N3O3. The number of carbonyl (C=O) groups excluding carboxylic acids is 3. The van der Waals surface area contributed by atoms with Crippen molar-refractivity contribution in [2.45, 2.75) is 57.5 Å². The monoisotopic (exact) mass is 307 g/mol. The lowest BCUT2D eigenvalue weighted by Crippen LogP contribution is -2.59. The second-order valence-electron chi connectivity index (χ2n) is 7.16. The van der Waals surface area contributed by atoms with Crippen molar-refractivity contribution in [2.24, 2.45) is 11.8 Å². The minimum atomic E-state index is -0.812. The Balaban J connectivity index is 1.77. The van der Waals surface area contributed by atoms with Crippen LogP contribution in [0.25, 0.3) is 0 Å². The van der Waals surface area contributed by atoms with Crippen molar-refractivity contribution in [3.63, 3.8) is 0 Å². The number of hydrogen-bond donors (Lipinski definition) is 1. The maximum Gasteiger partial charge on any atom is 0.325 e. The summed E-state index contributed by atoms with van der Waals surface area (Å²) in [4.78, 5) is 40.3. The molecule has 0 aromatic rings. The average molecular weight is 307 g/mol. The van der Waals surface area contributed by atoms with Crippen molar-refractivity contribution in [2.75, 3.05) is 13.6 Å². The second-order valence-corrected chi connectivity index (χ2v) is 7.16. The molecule has 0 bridgehead atoms. The molecule has 1 aliphatic heterocycles. The maximum atomic E-state index is 12.9. The van der Waals surface area contributed by atoms with Gasteiger partial charge in [0.15, 0.2) is 0 Å². The maximum absolute atomic E-state index is 12.9. The summed E-state index contributed by atoms with van der Waals surface area (Å²) >= 11 is 0. The molecule has 1 N–H and O–H groups in total. The minimum absolute atomic E-state index is 0.106. The van der Waals surface area contributed by atoms with E-state index in [2.05, 4.69) is 5.32 Å². The molecule has 1 spiro atoms. The number of rotatable bonds is 3. The molecule has 3 fully saturated rings. The SMILES string of the molecule is CC1CCCC(C)C12NC(=O)N(CC(=O)N(C)C1CC1)C2=O. The highest BCUT2D eigenvalue weighted by atomic mass is 16.2. The Morgan fingerprint density at radius 1 is 1.23 bits per heavy atom. The van der Waals surface area contributed by atoms with Gasteiger partial charge in [-0.25, -0.2) is 4.79 Å². The third kappa shape index (κ3) is 2.20. The Kier molecular flexibility index (Phi) is 3.65. The number of carbonyl (C=O) groups is 3. The third-order valence-corrected chi connectivity index (χ3v) is 5.77. The van der Waals surface area contributed by atoms with Crippen LogP contribution < -0.4 is 5.32 Å². The predicted octanol–water partition coefficient (Wildman–Crippen LogP) is 1.35. The third-order valence-electron chi connectivity index (χ3n) is 5.77. The smallest absolute Gasteiger partial charge is 0.325 e. The van der Waals surface area contributed by atoms with Gasteiger partial charge in [0.2, 0.25) is 5.91 Å². The highest BCUT2D eigenvalue weighted by molar-refractivity contribution is 6.09. The summed E-state index contributed by atoms with van der Waals surface area (Å²) in [5, 5.41) is 2.92. The molecule has 2 atom stereocenters. The van der Waals surface area contributed by atoms with Crippen LogP contribution in [-0.2, 0) is 9.59 Å². The molecule has 2 aliphatic carbocycles. The van der Waals surface area contributed by atoms with Crippen molar-refractivity contribution in [3.05, 3.63) is 0 Å². The minimum Gasteiger partial charge on any atom is -0.341 e. The van der Waals surface area contributed by atoms with Crippen LogP contribution in [0, 0.1) is 11.8 Å². The molecule has 3 aliphatic rings. The van der Waals surface area contributed by atoms with Gasteiger partial charge >= 0.3 is 6.03 Å². The van der Waals surface area contributed by atoms with Gasteiger partial charge in [0.25, 0.3) is 5.91 Å². The Labute approximate surface area is 131 Å². The van der Waals surface area contributed by atoms with Gasteiger partial charge in [-0.15, -0.1) is 0 Å². The zero-order valence-electron chi connectivity index (χ0n) is 13.6. The Hall–Kier alpha value is -1.59. The predicted molar refractivity (Wildman–Crippen MR) is 80.9 cm³/mol. The number of nitrogens with one attached hydrogen (secondary N) is 1. The average Bonchev–Trinajstić information content (AvgIpc) is 3.28. The van der Waals surface area contributed by atoms with Crippen molar-refractivity contribution < 1.29 is 14.4 Å². The van der Waals surface area contributed by atoms with Gasteiger partial charge in [0.05, 0.1) is 0 Å². The van der Waals surface area contributed by atoms with Crippen LogP contribution in [0.1, 0.15) is 46.0 Å². The molecule has 0 aromatic heterocycles. The molecule has 22 heavy (non-hydrogen) atoms. The summed E-state index contributed by atoms with van der Waals surface area (Å²) in [6.45, 7) is 3.91. The van der Waals surface area contributed by atoms with Gasteiger partial charge in [0.1, 0.15) is 12.1 Å². The van der Waals surface area contributed by atoms with Crippen molar-refractivity contribution in [1.82, 2.24) is 15.1 Å². The second kappa shape index (κ2) is 5.25. The molecule has 2 saturated carbocycles. The number of amides is 4. The van der Waals surface area contributed by atoms with Crippen molar-refractivity contribution in [1.29, 1.82) is 0 Å². The van der Waals surface area contributed by atoms with E-state index in [1.54, 1.807) is 11.9 Å². The molecule has 2 unspecified atom stereocenters. The van der Waals surface area contributed by atoms with E-state index in [0.29, 0.717) is 0 Å². The van der Waals surface area contributed by atoms with Gasteiger partial charge in [-0.05, 0) is 37.5 Å². The van der Waals surface area contributed by atoms with Gasteiger partial charge < -0.3 is 10.2 Å². The molecule has 1 heterocycles. The standard InChI is InChI=1S/C16H25N3O3/c1-10-5-4-6-11(2)16(10)14(21)19(15(22)17-16)9-13(20)18(3)12-7-8-12/h10-12H,4-9H2,1-3H3,(H,17,22). The Morgan fingerprint density at radius 2 is 1.82 bits per heavy atom. The van der Waals surface area contributed by atoms with E-state index in [9.17, 15) is 14.4 Å². The summed E-state index contributed by atoms with van der Waals surface area (Å²) in [5.74, 6) is -0.156. The van der Waals surface area contributed by atoms with E-state index >= 15 is 0 Å². The van der Waals surface area contributed by atoms with Crippen LogP contribution in [0.15, 0.2) is 0 Å². The zero-order valence-corrected chi connectivity index (χ0v) is 13.6. The molecule has 122 valence electrons. The van der Waals surface area contributed by atoms with Crippen molar-refractivity contribution in [3.8, 4) is 0 Å². The van der Waals surface area contributed by atoms with Gasteiger partial charge in [-0.3, -0.25) is 14.5 Å². The summed E-state index contributed by atoms with van der Waals surface area (Å²) in [7, 11) is 1.75. The largest absolute Gasteiger partial charge is 0.341 e. The first-order valence-electron chi connectivity index (χ1n) is 8.27. The quantitative estimate of drug-likeness (QED) is 0.800. The van der Waals surface area contributed by atoms with Crippen LogP contribution >= 0.6 is 0 Å². The number of urea groups is 1. The van der Waals surface area contributed by atoms with E-state index in [0.717, 1.165) is 37.0 Å². The van der Waals surface area contributed by atoms with Crippen LogP contribution in [0.5, 0.6) is 0 Å². The number of hydrogen-bond acceptors (Lipinski definition) is 3. The molecular weight excluding hydrogens is 282 g/mol. The lowest BCUT2D eigenvalue weighted by atomic mass is 9.67. The molecule has 4 amide bonds. The number of nitrogens with zero attached hydrogens (tertiary/aromatic N) is 2. The first kappa shape index (κ1) is 15.3. The Morgan fingerprint density at radius 3 is 2.36 bits per heavy atom. The lowest BCUT2D eigenvalue weighted by Gasteiger charge is -2.42. The molecule has 0 radical (unpaired) electrons. The summed E-state index contributed by atoms with van der Waals surface area (Å²) in [6, 6.07) is -0.127.